The third-order valence-corrected chi connectivity index (χ3v) is 5.21. The van der Waals surface area contributed by atoms with Crippen LogP contribution in [0, 0.1) is 5.92 Å². The van der Waals surface area contributed by atoms with Crippen LogP contribution in [0.2, 0.25) is 0 Å². The van der Waals surface area contributed by atoms with Crippen molar-refractivity contribution in [1.82, 2.24) is 0 Å². The third kappa shape index (κ3) is 3.52. The zero-order valence-corrected chi connectivity index (χ0v) is 13.4. The Balaban J connectivity index is 1.70. The molecule has 0 aliphatic heterocycles. The molecule has 1 nitrogen and oxygen atoms in total. The van der Waals surface area contributed by atoms with E-state index in [9.17, 15) is 0 Å². The van der Waals surface area contributed by atoms with Crippen LogP contribution in [0.5, 0.6) is 5.75 Å². The van der Waals surface area contributed by atoms with E-state index in [-0.39, 0.29) is 5.38 Å². The van der Waals surface area contributed by atoms with Gasteiger partial charge in [-0.1, -0.05) is 43.9 Å². The van der Waals surface area contributed by atoms with E-state index in [4.69, 9.17) is 16.3 Å². The van der Waals surface area contributed by atoms with Crippen molar-refractivity contribution in [2.75, 3.05) is 7.11 Å². The maximum Gasteiger partial charge on any atom is 0.119 e. The maximum atomic E-state index is 6.62. The number of rotatable bonds is 5. The molecule has 21 heavy (non-hydrogen) atoms. The molecule has 2 aromatic carbocycles. The summed E-state index contributed by atoms with van der Waals surface area (Å²) in [6, 6.07) is 12.7. The lowest BCUT2D eigenvalue weighted by Crippen LogP contribution is -1.97. The van der Waals surface area contributed by atoms with E-state index in [2.05, 4.69) is 30.3 Å². The number of benzene rings is 2. The molecule has 1 fully saturated rings. The van der Waals surface area contributed by atoms with Gasteiger partial charge in [0.05, 0.1) is 12.5 Å². The van der Waals surface area contributed by atoms with Crippen molar-refractivity contribution in [2.24, 2.45) is 5.92 Å². The van der Waals surface area contributed by atoms with Gasteiger partial charge in [-0.15, -0.1) is 11.6 Å². The van der Waals surface area contributed by atoms with Gasteiger partial charge in [0.1, 0.15) is 5.75 Å². The Morgan fingerprint density at radius 3 is 2.57 bits per heavy atom. The largest absolute Gasteiger partial charge is 0.497 e. The second-order valence-corrected chi connectivity index (χ2v) is 6.69. The highest BCUT2D eigenvalue weighted by atomic mass is 35.5. The van der Waals surface area contributed by atoms with Crippen LogP contribution in [0.25, 0.3) is 10.8 Å². The summed E-state index contributed by atoms with van der Waals surface area (Å²) in [7, 11) is 1.70. The van der Waals surface area contributed by atoms with Crippen molar-refractivity contribution in [1.29, 1.82) is 0 Å². The standard InChI is InChI=1S/C19H23ClO/c1-21-18-10-9-15-12-17(8-7-16(15)13-18)19(20)11-6-14-4-2-3-5-14/h7-10,12-14,19H,2-6,11H2,1H3. The average molecular weight is 303 g/mol. The van der Waals surface area contributed by atoms with Crippen molar-refractivity contribution in [3.63, 3.8) is 0 Å². The van der Waals surface area contributed by atoms with E-state index in [0.717, 1.165) is 18.1 Å². The number of fused-ring (bicyclic) bond motifs is 1. The molecule has 1 aliphatic rings. The first-order valence-corrected chi connectivity index (χ1v) is 8.41. The van der Waals surface area contributed by atoms with Gasteiger partial charge in [-0.2, -0.15) is 0 Å². The SMILES string of the molecule is COc1ccc2cc(C(Cl)CCC3CCCC3)ccc2c1. The van der Waals surface area contributed by atoms with E-state index < -0.39 is 0 Å². The number of halogens is 1. The topological polar surface area (TPSA) is 9.23 Å². The van der Waals surface area contributed by atoms with Gasteiger partial charge in [0.15, 0.2) is 0 Å². The van der Waals surface area contributed by atoms with Gasteiger partial charge >= 0.3 is 0 Å². The minimum absolute atomic E-state index is 0.136. The number of alkyl halides is 1. The summed E-state index contributed by atoms with van der Waals surface area (Å²) in [4.78, 5) is 0. The van der Waals surface area contributed by atoms with E-state index >= 15 is 0 Å². The second-order valence-electron chi connectivity index (χ2n) is 6.17. The molecule has 1 unspecified atom stereocenters. The molecule has 0 amide bonds. The summed E-state index contributed by atoms with van der Waals surface area (Å²) in [6.07, 6.45) is 8.00. The molecular weight excluding hydrogens is 280 g/mol. The Morgan fingerprint density at radius 1 is 1.10 bits per heavy atom. The fourth-order valence-corrected chi connectivity index (χ4v) is 3.67. The second kappa shape index (κ2) is 6.70. The minimum atomic E-state index is 0.136. The number of methoxy groups -OCH3 is 1. The molecule has 1 aliphatic carbocycles. The molecule has 0 bridgehead atoms. The Labute approximate surface area is 132 Å². The Bertz CT molecular complexity index is 602. The fraction of sp³-hybridized carbons (Fsp3) is 0.474. The van der Waals surface area contributed by atoms with Crippen LogP contribution >= 0.6 is 11.6 Å². The molecule has 0 N–H and O–H groups in total. The van der Waals surface area contributed by atoms with Crippen LogP contribution in [-0.2, 0) is 0 Å². The number of hydrogen-bond donors (Lipinski definition) is 0. The highest BCUT2D eigenvalue weighted by molar-refractivity contribution is 6.20. The Hall–Kier alpha value is -1.21. The van der Waals surface area contributed by atoms with Crippen molar-refractivity contribution in [2.45, 2.75) is 43.9 Å². The zero-order valence-electron chi connectivity index (χ0n) is 12.6. The van der Waals surface area contributed by atoms with Crippen LogP contribution in [-0.4, -0.2) is 7.11 Å². The van der Waals surface area contributed by atoms with Crippen LogP contribution in [0.3, 0.4) is 0 Å². The van der Waals surface area contributed by atoms with Gasteiger partial charge < -0.3 is 4.74 Å². The lowest BCUT2D eigenvalue weighted by molar-refractivity contribution is 0.415. The van der Waals surface area contributed by atoms with Crippen molar-refractivity contribution < 1.29 is 4.74 Å². The highest BCUT2D eigenvalue weighted by Crippen LogP contribution is 2.35. The van der Waals surface area contributed by atoms with Gasteiger partial charge in [0.25, 0.3) is 0 Å². The molecule has 3 rings (SSSR count). The zero-order chi connectivity index (χ0) is 14.7. The first-order valence-electron chi connectivity index (χ1n) is 7.98. The number of ether oxygens (including phenoxy) is 1. The Kier molecular flexibility index (Phi) is 4.70. The summed E-state index contributed by atoms with van der Waals surface area (Å²) in [5, 5.41) is 2.58. The lowest BCUT2D eigenvalue weighted by Gasteiger charge is -2.14. The van der Waals surface area contributed by atoms with Crippen molar-refractivity contribution in [3.8, 4) is 5.75 Å². The molecule has 0 saturated heterocycles. The predicted molar refractivity (Wildman–Crippen MR) is 90.3 cm³/mol. The minimum Gasteiger partial charge on any atom is -0.497 e. The normalized spacial score (nSPS) is 17.2. The van der Waals surface area contributed by atoms with E-state index in [0.29, 0.717) is 0 Å². The van der Waals surface area contributed by atoms with Crippen LogP contribution in [0.1, 0.15) is 49.5 Å². The predicted octanol–water partition coefficient (Wildman–Crippen LogP) is 6.10. The van der Waals surface area contributed by atoms with Gasteiger partial charge in [0, 0.05) is 0 Å². The van der Waals surface area contributed by atoms with E-state index in [1.165, 1.54) is 48.4 Å². The summed E-state index contributed by atoms with van der Waals surface area (Å²) in [6.45, 7) is 0. The molecule has 112 valence electrons. The van der Waals surface area contributed by atoms with Crippen LogP contribution in [0.15, 0.2) is 36.4 Å². The molecular formula is C19H23ClO. The summed E-state index contributed by atoms with van der Waals surface area (Å²) in [5.74, 6) is 1.81. The average Bonchev–Trinajstić information content (AvgIpc) is 3.05. The number of hydrogen-bond acceptors (Lipinski definition) is 1. The van der Waals surface area contributed by atoms with Crippen molar-refractivity contribution >= 4 is 22.4 Å². The molecule has 2 heteroatoms. The quantitative estimate of drug-likeness (QED) is 0.606. The van der Waals surface area contributed by atoms with E-state index in [1.54, 1.807) is 7.11 Å². The first kappa shape index (κ1) is 14.7. The fourth-order valence-electron chi connectivity index (χ4n) is 3.41. The van der Waals surface area contributed by atoms with E-state index in [1.807, 2.05) is 6.07 Å². The molecule has 0 aromatic heterocycles. The molecule has 2 aromatic rings. The van der Waals surface area contributed by atoms with Gasteiger partial charge in [-0.25, -0.2) is 0 Å². The van der Waals surface area contributed by atoms with Crippen LogP contribution in [0.4, 0.5) is 0 Å². The molecule has 0 radical (unpaired) electrons. The molecule has 0 heterocycles. The summed E-state index contributed by atoms with van der Waals surface area (Å²) in [5.41, 5.74) is 1.24. The summed E-state index contributed by atoms with van der Waals surface area (Å²) < 4.78 is 5.27. The van der Waals surface area contributed by atoms with Gasteiger partial charge in [-0.3, -0.25) is 0 Å². The van der Waals surface area contributed by atoms with Crippen LogP contribution < -0.4 is 4.74 Å². The molecule has 1 saturated carbocycles. The lowest BCUT2D eigenvalue weighted by atomic mass is 9.97. The van der Waals surface area contributed by atoms with Gasteiger partial charge in [0.2, 0.25) is 0 Å². The smallest absolute Gasteiger partial charge is 0.119 e. The molecule has 0 spiro atoms. The van der Waals surface area contributed by atoms with Crippen molar-refractivity contribution in [3.05, 3.63) is 42.0 Å². The maximum absolute atomic E-state index is 6.62. The monoisotopic (exact) mass is 302 g/mol. The Morgan fingerprint density at radius 2 is 1.81 bits per heavy atom. The molecule has 1 atom stereocenters. The first-order chi connectivity index (χ1) is 10.3. The summed E-state index contributed by atoms with van der Waals surface area (Å²) >= 11 is 6.62. The highest BCUT2D eigenvalue weighted by Gasteiger charge is 2.17. The third-order valence-electron chi connectivity index (χ3n) is 4.74. The van der Waals surface area contributed by atoms with Gasteiger partial charge in [-0.05, 0) is 53.3 Å².